The highest BCUT2D eigenvalue weighted by Gasteiger charge is 2.08. The van der Waals surface area contributed by atoms with E-state index in [1.807, 2.05) is 13.1 Å². The molecule has 0 aliphatic carbocycles. The lowest BCUT2D eigenvalue weighted by molar-refractivity contribution is 0.412. The summed E-state index contributed by atoms with van der Waals surface area (Å²) < 4.78 is 4.77. The summed E-state index contributed by atoms with van der Waals surface area (Å²) in [7, 11) is 1.85. The molecule has 17 heavy (non-hydrogen) atoms. The van der Waals surface area contributed by atoms with E-state index in [1.165, 1.54) is 6.33 Å². The van der Waals surface area contributed by atoms with Crippen molar-refractivity contribution in [2.45, 2.75) is 19.9 Å². The van der Waals surface area contributed by atoms with E-state index in [9.17, 15) is 0 Å². The van der Waals surface area contributed by atoms with Crippen molar-refractivity contribution >= 4 is 11.6 Å². The Morgan fingerprint density at radius 1 is 1.29 bits per heavy atom. The molecular weight excluding hydrogens is 218 g/mol. The Hall–Kier alpha value is -2.11. The Bertz CT molecular complexity index is 469. The van der Waals surface area contributed by atoms with Crippen LogP contribution < -0.4 is 10.6 Å². The summed E-state index contributed by atoms with van der Waals surface area (Å²) in [6, 6.07) is 1.82. The van der Waals surface area contributed by atoms with Crippen LogP contribution in [0.5, 0.6) is 0 Å². The van der Waals surface area contributed by atoms with Crippen molar-refractivity contribution in [2.24, 2.45) is 0 Å². The number of rotatable bonds is 5. The third kappa shape index (κ3) is 2.52. The number of aromatic nitrogens is 3. The Balaban J connectivity index is 2.14. The molecule has 2 aromatic heterocycles. The third-order valence-corrected chi connectivity index (χ3v) is 2.46. The third-order valence-electron chi connectivity index (χ3n) is 2.46. The van der Waals surface area contributed by atoms with Crippen molar-refractivity contribution in [3.8, 4) is 0 Å². The average molecular weight is 233 g/mol. The molecule has 6 heteroatoms. The van der Waals surface area contributed by atoms with E-state index in [1.54, 1.807) is 6.26 Å². The van der Waals surface area contributed by atoms with E-state index in [2.05, 4.69) is 32.7 Å². The normalized spacial score (nSPS) is 10.2. The lowest BCUT2D eigenvalue weighted by atomic mass is 10.2. The van der Waals surface area contributed by atoms with E-state index >= 15 is 0 Å². The molecule has 2 aromatic rings. The molecule has 0 aliphatic heterocycles. The summed E-state index contributed by atoms with van der Waals surface area (Å²) in [4.78, 5) is 8.41. The van der Waals surface area contributed by atoms with Gasteiger partial charge < -0.3 is 15.2 Å². The van der Waals surface area contributed by atoms with Gasteiger partial charge in [0.25, 0.3) is 0 Å². The second-order valence-corrected chi connectivity index (χ2v) is 3.50. The van der Waals surface area contributed by atoms with Crippen LogP contribution in [-0.2, 0) is 13.0 Å². The van der Waals surface area contributed by atoms with Crippen molar-refractivity contribution in [2.75, 3.05) is 17.7 Å². The van der Waals surface area contributed by atoms with Crippen LogP contribution in [-0.4, -0.2) is 22.2 Å². The monoisotopic (exact) mass is 233 g/mol. The Morgan fingerprint density at radius 2 is 2.12 bits per heavy atom. The molecule has 0 unspecified atom stereocenters. The van der Waals surface area contributed by atoms with Crippen molar-refractivity contribution in [1.82, 2.24) is 15.1 Å². The largest absolute Gasteiger partial charge is 0.373 e. The maximum atomic E-state index is 4.77. The Kier molecular flexibility index (Phi) is 3.54. The van der Waals surface area contributed by atoms with Gasteiger partial charge in [-0.3, -0.25) is 0 Å². The van der Waals surface area contributed by atoms with Crippen molar-refractivity contribution in [3.63, 3.8) is 0 Å². The van der Waals surface area contributed by atoms with Gasteiger partial charge in [0, 0.05) is 18.7 Å². The van der Waals surface area contributed by atoms with Crippen LogP contribution >= 0.6 is 0 Å². The second-order valence-electron chi connectivity index (χ2n) is 3.50. The molecule has 0 spiro atoms. The van der Waals surface area contributed by atoms with Gasteiger partial charge in [0.2, 0.25) is 0 Å². The summed E-state index contributed by atoms with van der Waals surface area (Å²) in [5, 5.41) is 10.1. The lowest BCUT2D eigenvalue weighted by Gasteiger charge is -2.11. The molecule has 0 fully saturated rings. The molecule has 0 aromatic carbocycles. The molecule has 0 saturated carbocycles. The van der Waals surface area contributed by atoms with Gasteiger partial charge in [-0.25, -0.2) is 9.97 Å². The summed E-state index contributed by atoms with van der Waals surface area (Å²) in [5.74, 6) is 1.68. The minimum absolute atomic E-state index is 0.587. The molecule has 90 valence electrons. The van der Waals surface area contributed by atoms with Crippen molar-refractivity contribution in [3.05, 3.63) is 29.9 Å². The van der Waals surface area contributed by atoms with Gasteiger partial charge in [0.1, 0.15) is 29.9 Å². The molecule has 0 saturated heterocycles. The average Bonchev–Trinajstić information content (AvgIpc) is 2.88. The van der Waals surface area contributed by atoms with Gasteiger partial charge in [0.15, 0.2) is 0 Å². The first-order valence-electron chi connectivity index (χ1n) is 5.50. The number of nitrogens with zero attached hydrogens (tertiary/aromatic N) is 3. The summed E-state index contributed by atoms with van der Waals surface area (Å²) >= 11 is 0. The fourth-order valence-electron chi connectivity index (χ4n) is 1.62. The molecule has 6 nitrogen and oxygen atoms in total. The molecule has 0 aliphatic rings. The van der Waals surface area contributed by atoms with Gasteiger partial charge in [-0.2, -0.15) is 0 Å². The van der Waals surface area contributed by atoms with Crippen LogP contribution in [0.15, 0.2) is 23.2 Å². The van der Waals surface area contributed by atoms with Gasteiger partial charge in [-0.15, -0.1) is 0 Å². The smallest absolute Gasteiger partial charge is 0.135 e. The number of anilines is 2. The summed E-state index contributed by atoms with van der Waals surface area (Å²) in [6.07, 6.45) is 3.95. The van der Waals surface area contributed by atoms with E-state index in [-0.39, 0.29) is 0 Å². The highest BCUT2D eigenvalue weighted by atomic mass is 16.5. The molecule has 2 N–H and O–H groups in total. The molecule has 0 amide bonds. The maximum Gasteiger partial charge on any atom is 0.135 e. The Morgan fingerprint density at radius 3 is 2.76 bits per heavy atom. The summed E-state index contributed by atoms with van der Waals surface area (Å²) in [6.45, 7) is 2.66. The van der Waals surface area contributed by atoms with Crippen LogP contribution in [0.2, 0.25) is 0 Å². The highest BCUT2D eigenvalue weighted by molar-refractivity contribution is 5.57. The minimum atomic E-state index is 0.587. The first-order valence-corrected chi connectivity index (χ1v) is 5.50. The predicted octanol–water partition coefficient (Wildman–Crippen LogP) is 1.68. The van der Waals surface area contributed by atoms with Gasteiger partial charge in [-0.1, -0.05) is 12.1 Å². The molecule has 2 rings (SSSR count). The zero-order chi connectivity index (χ0) is 12.1. The van der Waals surface area contributed by atoms with E-state index in [0.717, 1.165) is 29.3 Å². The minimum Gasteiger partial charge on any atom is -0.373 e. The zero-order valence-electron chi connectivity index (χ0n) is 9.90. The van der Waals surface area contributed by atoms with E-state index < -0.39 is 0 Å². The second kappa shape index (κ2) is 5.29. The number of nitrogens with one attached hydrogen (secondary N) is 2. The Labute approximate surface area is 99.5 Å². The fraction of sp³-hybridized carbons (Fsp3) is 0.364. The molecule has 0 radical (unpaired) electrons. The van der Waals surface area contributed by atoms with E-state index in [4.69, 9.17) is 4.52 Å². The topological polar surface area (TPSA) is 75.9 Å². The van der Waals surface area contributed by atoms with E-state index in [0.29, 0.717) is 6.54 Å². The fourth-order valence-corrected chi connectivity index (χ4v) is 1.62. The lowest BCUT2D eigenvalue weighted by Crippen LogP contribution is -2.08. The number of hydrogen-bond acceptors (Lipinski definition) is 6. The van der Waals surface area contributed by atoms with Crippen LogP contribution in [0.1, 0.15) is 18.2 Å². The molecular formula is C11H15N5O. The molecule has 2 heterocycles. The maximum absolute atomic E-state index is 4.77. The zero-order valence-corrected chi connectivity index (χ0v) is 9.90. The highest BCUT2D eigenvalue weighted by Crippen LogP contribution is 2.20. The predicted molar refractivity (Wildman–Crippen MR) is 64.8 cm³/mol. The molecule has 0 atom stereocenters. The van der Waals surface area contributed by atoms with Crippen LogP contribution in [0.3, 0.4) is 0 Å². The van der Waals surface area contributed by atoms with Crippen molar-refractivity contribution < 1.29 is 4.52 Å². The van der Waals surface area contributed by atoms with Crippen LogP contribution in [0.25, 0.3) is 0 Å². The SMILES string of the molecule is CCc1c(NC)ncnc1NCc1ccon1. The van der Waals surface area contributed by atoms with Gasteiger partial charge in [-0.05, 0) is 6.42 Å². The quantitative estimate of drug-likeness (QED) is 0.818. The first kappa shape index (κ1) is 11.4. The first-order chi connectivity index (χ1) is 8.35. The van der Waals surface area contributed by atoms with Crippen molar-refractivity contribution in [1.29, 1.82) is 0 Å². The van der Waals surface area contributed by atoms with Gasteiger partial charge >= 0.3 is 0 Å². The van der Waals surface area contributed by atoms with Gasteiger partial charge in [0.05, 0.1) is 6.54 Å². The molecule has 0 bridgehead atoms. The van der Waals surface area contributed by atoms with Crippen LogP contribution in [0.4, 0.5) is 11.6 Å². The van der Waals surface area contributed by atoms with Crippen LogP contribution in [0, 0.1) is 0 Å². The summed E-state index contributed by atoms with van der Waals surface area (Å²) in [5.41, 5.74) is 1.91. The standard InChI is InChI=1S/C11H15N5O/c1-3-9-10(12-2)14-7-15-11(9)13-6-8-4-5-17-16-8/h4-5,7H,3,6H2,1-2H3,(H2,12,13,14,15). The number of hydrogen-bond donors (Lipinski definition) is 2.